The maximum Gasteiger partial charge on any atom is 0.231 e. The van der Waals surface area contributed by atoms with Gasteiger partial charge in [0.15, 0.2) is 11.6 Å². The minimum Gasteiger partial charge on any atom is -0.354 e. The summed E-state index contributed by atoms with van der Waals surface area (Å²) in [4.78, 5) is 18.8. The van der Waals surface area contributed by atoms with E-state index >= 15 is 0 Å². The summed E-state index contributed by atoms with van der Waals surface area (Å²) in [6.07, 6.45) is 5.33. The zero-order valence-corrected chi connectivity index (χ0v) is 15.3. The van der Waals surface area contributed by atoms with E-state index in [2.05, 4.69) is 30.6 Å². The van der Waals surface area contributed by atoms with Crippen molar-refractivity contribution < 1.29 is 9.32 Å². The number of amides is 1. The van der Waals surface area contributed by atoms with Gasteiger partial charge in [-0.2, -0.15) is 0 Å². The Balaban J connectivity index is 1.43. The number of nitrogens with one attached hydrogen (secondary N) is 1. The molecule has 1 atom stereocenters. The number of imidazole rings is 1. The van der Waals surface area contributed by atoms with Gasteiger partial charge in [0.05, 0.1) is 11.6 Å². The second-order valence-electron chi connectivity index (χ2n) is 6.70. The van der Waals surface area contributed by atoms with Gasteiger partial charge in [0, 0.05) is 31.5 Å². The van der Waals surface area contributed by atoms with Crippen molar-refractivity contribution in [2.45, 2.75) is 26.7 Å². The summed E-state index contributed by atoms with van der Waals surface area (Å²) >= 11 is 0. The monoisotopic (exact) mass is 367 g/mol. The van der Waals surface area contributed by atoms with Crippen LogP contribution in [0, 0.1) is 19.8 Å². The molecule has 1 N–H and O–H groups in total. The molecule has 3 aromatic rings. The molecule has 27 heavy (non-hydrogen) atoms. The lowest BCUT2D eigenvalue weighted by Crippen LogP contribution is -2.41. The Morgan fingerprint density at radius 1 is 1.26 bits per heavy atom. The van der Waals surface area contributed by atoms with E-state index in [9.17, 15) is 4.79 Å². The molecule has 1 fully saturated rings. The first-order chi connectivity index (χ1) is 13.1. The van der Waals surface area contributed by atoms with Gasteiger partial charge in [-0.3, -0.25) is 14.7 Å². The smallest absolute Gasteiger partial charge is 0.231 e. The Bertz CT molecular complexity index is 931. The van der Waals surface area contributed by atoms with Crippen LogP contribution in [0.3, 0.4) is 0 Å². The van der Waals surface area contributed by atoms with Gasteiger partial charge < -0.3 is 9.42 Å². The molecular weight excluding hydrogens is 346 g/mol. The highest BCUT2D eigenvalue weighted by Crippen LogP contribution is 2.23. The van der Waals surface area contributed by atoms with Crippen molar-refractivity contribution in [2.75, 3.05) is 23.3 Å². The third-order valence-electron chi connectivity index (χ3n) is 4.70. The highest BCUT2D eigenvalue weighted by atomic mass is 16.5. The molecule has 140 valence electrons. The van der Waals surface area contributed by atoms with Gasteiger partial charge in [-0.05, 0) is 38.8 Å². The zero-order valence-electron chi connectivity index (χ0n) is 15.3. The molecule has 1 aliphatic heterocycles. The van der Waals surface area contributed by atoms with Crippen LogP contribution in [0.25, 0.3) is 5.82 Å². The molecule has 0 bridgehead atoms. The molecule has 1 unspecified atom stereocenters. The summed E-state index contributed by atoms with van der Waals surface area (Å²) in [5.74, 6) is 2.53. The second-order valence-corrected chi connectivity index (χ2v) is 6.70. The normalized spacial score (nSPS) is 17.1. The minimum atomic E-state index is -0.137. The first-order valence-electron chi connectivity index (χ1n) is 8.93. The fourth-order valence-corrected chi connectivity index (χ4v) is 3.28. The van der Waals surface area contributed by atoms with E-state index < -0.39 is 0 Å². The summed E-state index contributed by atoms with van der Waals surface area (Å²) in [5.41, 5.74) is 0.735. The second kappa shape index (κ2) is 7.18. The molecule has 9 heteroatoms. The van der Waals surface area contributed by atoms with Gasteiger partial charge in [-0.25, -0.2) is 4.98 Å². The van der Waals surface area contributed by atoms with Crippen LogP contribution in [0.1, 0.15) is 24.4 Å². The minimum absolute atomic E-state index is 0.0607. The van der Waals surface area contributed by atoms with Gasteiger partial charge in [0.1, 0.15) is 5.82 Å². The van der Waals surface area contributed by atoms with Crippen molar-refractivity contribution in [3.05, 3.63) is 42.1 Å². The molecule has 0 radical (unpaired) electrons. The Kier molecular flexibility index (Phi) is 4.57. The summed E-state index contributed by atoms with van der Waals surface area (Å²) < 4.78 is 6.95. The highest BCUT2D eigenvalue weighted by Gasteiger charge is 2.27. The number of hydrogen-bond acceptors (Lipinski definition) is 7. The molecule has 0 saturated carbocycles. The molecule has 0 spiro atoms. The van der Waals surface area contributed by atoms with E-state index in [1.165, 1.54) is 0 Å². The number of rotatable bonds is 4. The van der Waals surface area contributed by atoms with Gasteiger partial charge in [-0.15, -0.1) is 10.2 Å². The summed E-state index contributed by atoms with van der Waals surface area (Å²) in [7, 11) is 0. The molecule has 1 amide bonds. The average Bonchev–Trinajstić information content (AvgIpc) is 3.30. The lowest BCUT2D eigenvalue weighted by molar-refractivity contribution is -0.120. The number of aromatic nitrogens is 5. The van der Waals surface area contributed by atoms with E-state index in [0.29, 0.717) is 12.4 Å². The Labute approximate surface area is 156 Å². The van der Waals surface area contributed by atoms with E-state index in [-0.39, 0.29) is 11.8 Å². The van der Waals surface area contributed by atoms with Crippen LogP contribution in [-0.4, -0.2) is 43.9 Å². The number of carbonyl (C=O) groups excluding carboxylic acids is 1. The van der Waals surface area contributed by atoms with Crippen LogP contribution >= 0.6 is 0 Å². The van der Waals surface area contributed by atoms with Crippen molar-refractivity contribution >= 4 is 17.6 Å². The first kappa shape index (κ1) is 17.2. The van der Waals surface area contributed by atoms with Crippen LogP contribution in [0.2, 0.25) is 0 Å². The first-order valence-corrected chi connectivity index (χ1v) is 8.93. The molecule has 3 aromatic heterocycles. The highest BCUT2D eigenvalue weighted by molar-refractivity contribution is 5.91. The molecule has 9 nitrogen and oxygen atoms in total. The number of hydrogen-bond donors (Lipinski definition) is 1. The van der Waals surface area contributed by atoms with E-state index in [4.69, 9.17) is 4.52 Å². The Morgan fingerprint density at radius 3 is 2.74 bits per heavy atom. The number of carbonyl (C=O) groups is 1. The maximum atomic E-state index is 12.5. The number of aryl methyl sites for hydroxylation is 2. The van der Waals surface area contributed by atoms with Gasteiger partial charge in [0.2, 0.25) is 11.8 Å². The molecule has 0 aliphatic carbocycles. The summed E-state index contributed by atoms with van der Waals surface area (Å²) in [5, 5.41) is 15.2. The SMILES string of the molecule is Cc1cc(NC(=O)C2CCCN(c3ccc(-n4ccnc4C)nn3)C2)on1. The molecule has 0 aromatic carbocycles. The fraction of sp³-hybridized carbons (Fsp3) is 0.389. The quantitative estimate of drug-likeness (QED) is 0.753. The lowest BCUT2D eigenvalue weighted by atomic mass is 9.97. The maximum absolute atomic E-state index is 12.5. The zero-order chi connectivity index (χ0) is 18.8. The fourth-order valence-electron chi connectivity index (χ4n) is 3.28. The van der Waals surface area contributed by atoms with Crippen molar-refractivity contribution in [2.24, 2.45) is 5.92 Å². The van der Waals surface area contributed by atoms with Crippen molar-refractivity contribution in [1.82, 2.24) is 24.9 Å². The standard InChI is InChI=1S/C18H21N7O2/c1-12-10-17(27-23-12)20-18(26)14-4-3-8-24(11-14)15-5-6-16(22-21-15)25-9-7-19-13(25)2/h5-7,9-10,14H,3-4,8,11H2,1-2H3,(H,20,26). The van der Waals surface area contributed by atoms with Crippen LogP contribution in [0.4, 0.5) is 11.7 Å². The average molecular weight is 367 g/mol. The molecule has 1 saturated heterocycles. The van der Waals surface area contributed by atoms with Crippen LogP contribution < -0.4 is 10.2 Å². The molecular formula is C18H21N7O2. The number of piperidine rings is 1. The van der Waals surface area contributed by atoms with Crippen molar-refractivity contribution in [3.8, 4) is 5.82 Å². The molecule has 1 aliphatic rings. The third kappa shape index (κ3) is 3.67. The van der Waals surface area contributed by atoms with Gasteiger partial charge in [-0.1, -0.05) is 5.16 Å². The lowest BCUT2D eigenvalue weighted by Gasteiger charge is -2.32. The van der Waals surface area contributed by atoms with Crippen molar-refractivity contribution in [1.29, 1.82) is 0 Å². The predicted octanol–water partition coefficient (Wildman–Crippen LogP) is 2.12. The predicted molar refractivity (Wildman–Crippen MR) is 98.7 cm³/mol. The summed E-state index contributed by atoms with van der Waals surface area (Å²) in [6.45, 7) is 5.18. The molecule has 4 heterocycles. The van der Waals surface area contributed by atoms with Crippen LogP contribution in [0.5, 0.6) is 0 Å². The van der Waals surface area contributed by atoms with E-state index in [1.807, 2.05) is 36.7 Å². The Morgan fingerprint density at radius 2 is 2.07 bits per heavy atom. The largest absolute Gasteiger partial charge is 0.354 e. The molecule has 4 rings (SSSR count). The van der Waals surface area contributed by atoms with E-state index in [0.717, 1.165) is 42.5 Å². The number of anilines is 2. The van der Waals surface area contributed by atoms with Crippen LogP contribution in [-0.2, 0) is 4.79 Å². The van der Waals surface area contributed by atoms with Gasteiger partial charge in [0.25, 0.3) is 0 Å². The third-order valence-corrected chi connectivity index (χ3v) is 4.70. The van der Waals surface area contributed by atoms with Crippen LogP contribution in [0.15, 0.2) is 35.1 Å². The van der Waals surface area contributed by atoms with Gasteiger partial charge >= 0.3 is 0 Å². The van der Waals surface area contributed by atoms with E-state index in [1.54, 1.807) is 12.3 Å². The Hall–Kier alpha value is -3.23. The van der Waals surface area contributed by atoms with Crippen molar-refractivity contribution in [3.63, 3.8) is 0 Å². The number of nitrogens with zero attached hydrogens (tertiary/aromatic N) is 6. The topological polar surface area (TPSA) is 102 Å². The summed E-state index contributed by atoms with van der Waals surface area (Å²) in [6, 6.07) is 5.56.